The van der Waals surface area contributed by atoms with E-state index in [-0.39, 0.29) is 5.75 Å². The van der Waals surface area contributed by atoms with Gasteiger partial charge in [-0.05, 0) is 24.6 Å². The maximum Gasteiger partial charge on any atom is 0.161 e. The second kappa shape index (κ2) is 9.09. The van der Waals surface area contributed by atoms with E-state index < -0.39 is 0 Å². The van der Waals surface area contributed by atoms with Gasteiger partial charge in [-0.2, -0.15) is 0 Å². The summed E-state index contributed by atoms with van der Waals surface area (Å²) in [6.07, 6.45) is 6.51. The molecule has 0 unspecified atom stereocenters. The summed E-state index contributed by atoms with van der Waals surface area (Å²) in [5, 5.41) is 9.25. The van der Waals surface area contributed by atoms with Gasteiger partial charge in [-0.1, -0.05) is 31.4 Å². The average Bonchev–Trinajstić information content (AvgIpc) is 2.34. The third kappa shape index (κ3) is 6.10. The third-order valence-electron chi connectivity index (χ3n) is 1.76. The summed E-state index contributed by atoms with van der Waals surface area (Å²) in [7, 11) is 1.54. The van der Waals surface area contributed by atoms with Crippen LogP contribution in [0.3, 0.4) is 0 Å². The van der Waals surface area contributed by atoms with Crippen molar-refractivity contribution in [3.63, 3.8) is 0 Å². The second-order valence-electron chi connectivity index (χ2n) is 2.90. The van der Waals surface area contributed by atoms with Gasteiger partial charge in [0.25, 0.3) is 0 Å². The summed E-state index contributed by atoms with van der Waals surface area (Å²) in [6.45, 7) is 8.46. The van der Waals surface area contributed by atoms with Gasteiger partial charge in [0.15, 0.2) is 11.5 Å². The van der Waals surface area contributed by atoms with Gasteiger partial charge < -0.3 is 14.6 Å². The summed E-state index contributed by atoms with van der Waals surface area (Å²) >= 11 is 0. The quantitative estimate of drug-likeness (QED) is 0.807. The molecule has 1 aromatic carbocycles. The topological polar surface area (TPSA) is 38.7 Å². The SMILES string of the molecule is C=COC=C.CC=Cc1ccc(O)c(OC)c1. The van der Waals surface area contributed by atoms with Crippen LogP contribution in [-0.2, 0) is 4.74 Å². The Kier molecular flexibility index (Phi) is 7.94. The first-order chi connectivity index (χ1) is 8.19. The molecular formula is C14H18O3. The lowest BCUT2D eigenvalue weighted by Gasteiger charge is -2.03. The summed E-state index contributed by atoms with van der Waals surface area (Å²) < 4.78 is 9.31. The number of aromatic hydroxyl groups is 1. The molecule has 0 amide bonds. The zero-order valence-electron chi connectivity index (χ0n) is 10.2. The standard InChI is InChI=1S/C10H12O2.C4H6O/c1-3-4-8-5-6-9(11)10(7-8)12-2;1-3-5-4-2/h3-7,11H,1-2H3;3-4H,1-2H2. The molecule has 0 bridgehead atoms. The van der Waals surface area contributed by atoms with Crippen molar-refractivity contribution in [1.82, 2.24) is 0 Å². The number of ether oxygens (including phenoxy) is 2. The van der Waals surface area contributed by atoms with E-state index in [1.54, 1.807) is 12.1 Å². The van der Waals surface area contributed by atoms with Crippen LogP contribution in [0.1, 0.15) is 12.5 Å². The lowest BCUT2D eigenvalue weighted by molar-refractivity contribution is 0.373. The number of allylic oxidation sites excluding steroid dienone is 1. The molecule has 1 aromatic rings. The Balaban J connectivity index is 0.000000437. The first-order valence-electron chi connectivity index (χ1n) is 5.06. The van der Waals surface area contributed by atoms with Crippen LogP contribution < -0.4 is 4.74 Å². The highest BCUT2D eigenvalue weighted by molar-refractivity contribution is 5.55. The Morgan fingerprint density at radius 1 is 1.24 bits per heavy atom. The van der Waals surface area contributed by atoms with Gasteiger partial charge in [-0.3, -0.25) is 0 Å². The number of rotatable bonds is 4. The highest BCUT2D eigenvalue weighted by Gasteiger charge is 1.99. The molecule has 0 spiro atoms. The summed E-state index contributed by atoms with van der Waals surface area (Å²) in [6, 6.07) is 5.24. The van der Waals surface area contributed by atoms with Crippen molar-refractivity contribution in [1.29, 1.82) is 0 Å². The fraction of sp³-hybridized carbons (Fsp3) is 0.143. The molecule has 0 saturated carbocycles. The van der Waals surface area contributed by atoms with Crippen molar-refractivity contribution in [2.45, 2.75) is 6.92 Å². The summed E-state index contributed by atoms with van der Waals surface area (Å²) in [4.78, 5) is 0. The van der Waals surface area contributed by atoms with Crippen molar-refractivity contribution < 1.29 is 14.6 Å². The maximum atomic E-state index is 9.25. The fourth-order valence-corrected chi connectivity index (χ4v) is 1.06. The van der Waals surface area contributed by atoms with Crippen molar-refractivity contribution in [2.24, 2.45) is 0 Å². The van der Waals surface area contributed by atoms with E-state index in [2.05, 4.69) is 17.9 Å². The number of methoxy groups -OCH3 is 1. The highest BCUT2D eigenvalue weighted by Crippen LogP contribution is 2.26. The maximum absolute atomic E-state index is 9.25. The number of phenols is 1. The lowest BCUT2D eigenvalue weighted by Crippen LogP contribution is -1.83. The Bertz CT molecular complexity index is 375. The number of hydrogen-bond acceptors (Lipinski definition) is 3. The van der Waals surface area contributed by atoms with Gasteiger partial charge in [-0.25, -0.2) is 0 Å². The summed E-state index contributed by atoms with van der Waals surface area (Å²) in [5.74, 6) is 0.677. The molecule has 0 radical (unpaired) electrons. The molecule has 17 heavy (non-hydrogen) atoms. The number of phenolic OH excluding ortho intramolecular Hbond substituents is 1. The Hall–Kier alpha value is -2.16. The normalized spacial score (nSPS) is 9.06. The number of hydrogen-bond donors (Lipinski definition) is 1. The van der Waals surface area contributed by atoms with Gasteiger partial charge >= 0.3 is 0 Å². The minimum atomic E-state index is 0.172. The van der Waals surface area contributed by atoms with E-state index in [4.69, 9.17) is 4.74 Å². The molecule has 3 heteroatoms. The van der Waals surface area contributed by atoms with Crippen LogP contribution in [0, 0.1) is 0 Å². The average molecular weight is 234 g/mol. The minimum Gasteiger partial charge on any atom is -0.504 e. The predicted molar refractivity (Wildman–Crippen MR) is 70.8 cm³/mol. The molecule has 0 heterocycles. The molecule has 0 aliphatic carbocycles. The van der Waals surface area contributed by atoms with E-state index in [0.717, 1.165) is 5.56 Å². The Morgan fingerprint density at radius 3 is 2.29 bits per heavy atom. The molecule has 0 aliphatic rings. The van der Waals surface area contributed by atoms with Crippen molar-refractivity contribution in [2.75, 3.05) is 7.11 Å². The van der Waals surface area contributed by atoms with Crippen molar-refractivity contribution in [3.8, 4) is 11.5 Å². The highest BCUT2D eigenvalue weighted by atomic mass is 16.5. The Labute approximate surface area is 102 Å². The smallest absolute Gasteiger partial charge is 0.161 e. The largest absolute Gasteiger partial charge is 0.504 e. The molecule has 0 fully saturated rings. The van der Waals surface area contributed by atoms with Crippen LogP contribution in [0.5, 0.6) is 11.5 Å². The zero-order valence-corrected chi connectivity index (χ0v) is 10.2. The molecule has 3 nitrogen and oxygen atoms in total. The minimum absolute atomic E-state index is 0.172. The van der Waals surface area contributed by atoms with Crippen molar-refractivity contribution in [3.05, 3.63) is 55.5 Å². The van der Waals surface area contributed by atoms with Crippen LogP contribution in [0.15, 0.2) is 50.0 Å². The molecule has 1 rings (SSSR count). The van der Waals surface area contributed by atoms with Crippen LogP contribution in [0.2, 0.25) is 0 Å². The molecule has 0 saturated heterocycles. The van der Waals surface area contributed by atoms with E-state index in [9.17, 15) is 5.11 Å². The third-order valence-corrected chi connectivity index (χ3v) is 1.76. The first-order valence-corrected chi connectivity index (χ1v) is 5.06. The van der Waals surface area contributed by atoms with E-state index in [0.29, 0.717) is 5.75 Å². The van der Waals surface area contributed by atoms with Gasteiger partial charge in [0, 0.05) is 0 Å². The molecule has 0 aromatic heterocycles. The Morgan fingerprint density at radius 2 is 1.88 bits per heavy atom. The molecular weight excluding hydrogens is 216 g/mol. The molecule has 1 N–H and O–H groups in total. The van der Waals surface area contributed by atoms with Gasteiger partial charge in [0.2, 0.25) is 0 Å². The lowest BCUT2D eigenvalue weighted by atomic mass is 10.2. The van der Waals surface area contributed by atoms with Crippen LogP contribution in [0.4, 0.5) is 0 Å². The second-order valence-corrected chi connectivity index (χ2v) is 2.90. The number of benzene rings is 1. The monoisotopic (exact) mass is 234 g/mol. The van der Waals surface area contributed by atoms with Crippen LogP contribution >= 0.6 is 0 Å². The van der Waals surface area contributed by atoms with E-state index >= 15 is 0 Å². The molecule has 0 atom stereocenters. The van der Waals surface area contributed by atoms with Gasteiger partial charge in [0.1, 0.15) is 0 Å². The van der Waals surface area contributed by atoms with Crippen molar-refractivity contribution >= 4 is 6.08 Å². The van der Waals surface area contributed by atoms with Crippen LogP contribution in [0.25, 0.3) is 6.08 Å². The zero-order chi connectivity index (χ0) is 13.1. The molecule has 92 valence electrons. The fourth-order valence-electron chi connectivity index (χ4n) is 1.06. The van der Waals surface area contributed by atoms with Crippen LogP contribution in [-0.4, -0.2) is 12.2 Å². The summed E-state index contributed by atoms with van der Waals surface area (Å²) in [5.41, 5.74) is 1.02. The van der Waals surface area contributed by atoms with Gasteiger partial charge in [0.05, 0.1) is 19.6 Å². The first kappa shape index (κ1) is 14.8. The van der Waals surface area contributed by atoms with Gasteiger partial charge in [-0.15, -0.1) is 0 Å². The van der Waals surface area contributed by atoms with E-state index in [1.165, 1.54) is 19.6 Å². The van der Waals surface area contributed by atoms with E-state index in [1.807, 2.05) is 25.1 Å². The predicted octanol–water partition coefficient (Wildman–Crippen LogP) is 3.72. The molecule has 0 aliphatic heterocycles.